The van der Waals surface area contributed by atoms with Gasteiger partial charge in [-0.15, -0.1) is 4.72 Å². The van der Waals surface area contributed by atoms with E-state index in [2.05, 4.69) is 16.5 Å². The van der Waals surface area contributed by atoms with Crippen LogP contribution < -0.4 is 9.62 Å². The molecule has 0 amide bonds. The lowest BCUT2D eigenvalue weighted by atomic mass is 9.63. The van der Waals surface area contributed by atoms with Gasteiger partial charge in [0, 0.05) is 18.8 Å². The van der Waals surface area contributed by atoms with E-state index < -0.39 is 11.0 Å². The van der Waals surface area contributed by atoms with Gasteiger partial charge in [0.25, 0.3) is 0 Å². The van der Waals surface area contributed by atoms with E-state index in [1.54, 1.807) is 0 Å². The number of hydrogen-bond acceptors (Lipinski definition) is 3. The van der Waals surface area contributed by atoms with Crippen LogP contribution in [-0.4, -0.2) is 24.7 Å². The molecular weight excluding hydrogens is 368 g/mol. The zero-order valence-electron chi connectivity index (χ0n) is 17.1. The van der Waals surface area contributed by atoms with E-state index in [9.17, 15) is 9.32 Å². The molecule has 1 atom stereocenters. The van der Waals surface area contributed by atoms with Gasteiger partial charge in [0.2, 0.25) is 0 Å². The third-order valence-corrected chi connectivity index (χ3v) is 7.92. The Labute approximate surface area is 170 Å². The zero-order valence-corrected chi connectivity index (χ0v) is 18.0. The maximum Gasteiger partial charge on any atom is 0.175 e. The fraction of sp³-hybridized carbons (Fsp3) is 0.478. The minimum absolute atomic E-state index is 0.361. The average molecular weight is 400 g/mol. The number of aromatic hydroxyl groups is 1. The topological polar surface area (TPSA) is 52.6 Å². The highest BCUT2D eigenvalue weighted by atomic mass is 32.2. The number of hydrogen-bond donors (Lipinski definition) is 2. The number of phenols is 1. The van der Waals surface area contributed by atoms with Crippen molar-refractivity contribution >= 4 is 16.7 Å². The number of thiol groups is 1. The van der Waals surface area contributed by atoms with Crippen LogP contribution in [0.4, 0.5) is 5.69 Å². The molecule has 1 spiro atoms. The van der Waals surface area contributed by atoms with Crippen molar-refractivity contribution < 1.29 is 9.32 Å². The number of phenolic OH excluding ortho intramolecular Hbond substituents is 1. The summed E-state index contributed by atoms with van der Waals surface area (Å²) in [6.45, 7) is 8.71. The fourth-order valence-electron chi connectivity index (χ4n) is 4.73. The minimum Gasteiger partial charge on any atom is -0.508 e. The van der Waals surface area contributed by atoms with E-state index in [0.717, 1.165) is 30.0 Å². The van der Waals surface area contributed by atoms with Gasteiger partial charge in [-0.1, -0.05) is 28.3 Å². The van der Waals surface area contributed by atoms with Gasteiger partial charge in [0.15, 0.2) is 15.9 Å². The summed E-state index contributed by atoms with van der Waals surface area (Å²) >= 11 is 0. The molecule has 1 heterocycles. The Morgan fingerprint density at radius 3 is 2.50 bits per heavy atom. The van der Waals surface area contributed by atoms with E-state index in [4.69, 9.17) is 0 Å². The summed E-state index contributed by atoms with van der Waals surface area (Å²) in [5.41, 5.74) is 6.23. The van der Waals surface area contributed by atoms with Gasteiger partial charge in [-0.25, -0.2) is 0 Å². The molecule has 4 nitrogen and oxygen atoms in total. The van der Waals surface area contributed by atoms with Crippen molar-refractivity contribution in [2.24, 2.45) is 5.41 Å². The molecule has 1 unspecified atom stereocenters. The molecule has 0 saturated heterocycles. The molecule has 0 radical (unpaired) electrons. The maximum absolute atomic E-state index is 12.6. The molecule has 5 heteroatoms. The van der Waals surface area contributed by atoms with Crippen LogP contribution in [0.25, 0.3) is 0 Å². The number of rotatable bonds is 5. The fourth-order valence-corrected chi connectivity index (χ4v) is 5.64. The predicted octanol–water partition coefficient (Wildman–Crippen LogP) is 4.11. The van der Waals surface area contributed by atoms with Crippen molar-refractivity contribution in [3.8, 4) is 5.75 Å². The Balaban J connectivity index is 1.50. The van der Waals surface area contributed by atoms with Gasteiger partial charge in [-0.3, -0.25) is 0 Å². The summed E-state index contributed by atoms with van der Waals surface area (Å²) in [5, 5.41) is 10.3. The van der Waals surface area contributed by atoms with Crippen LogP contribution in [0, 0.1) is 26.2 Å². The molecule has 4 rings (SSSR count). The molecule has 1 fully saturated rings. The molecule has 1 aliphatic heterocycles. The summed E-state index contributed by atoms with van der Waals surface area (Å²) in [6, 6.07) is 9.87. The zero-order chi connectivity index (χ0) is 19.9. The van der Waals surface area contributed by atoms with Crippen LogP contribution in [0.2, 0.25) is 0 Å². The highest BCUT2D eigenvalue weighted by Gasteiger charge is 2.43. The smallest absolute Gasteiger partial charge is 0.175 e. The van der Waals surface area contributed by atoms with Crippen LogP contribution in [-0.2, 0) is 21.6 Å². The standard InChI is InChI=1S/C23H30N2O2S/c1-16-5-7-20(8-6-16)28(27)24-11-12-25-15-23(9-4-10-23)14-19-13-21(26)17(2)18(3)22(19)25/h5-8,13,26H,4,9-12,14-15H2,1-3H3,(H,24,27)/p+1. The molecule has 2 aromatic rings. The number of aryl methyl sites for hydroxylation is 1. The van der Waals surface area contributed by atoms with Crippen molar-refractivity contribution in [1.29, 1.82) is 0 Å². The Hall–Kier alpha value is -1.85. The first kappa shape index (κ1) is 19.5. The van der Waals surface area contributed by atoms with Crippen molar-refractivity contribution in [1.82, 2.24) is 4.72 Å². The Morgan fingerprint density at radius 2 is 1.86 bits per heavy atom. The molecule has 1 aliphatic carbocycles. The van der Waals surface area contributed by atoms with Crippen molar-refractivity contribution in [3.63, 3.8) is 0 Å². The number of nitrogens with zero attached hydrogens (tertiary/aromatic N) is 1. The summed E-state index contributed by atoms with van der Waals surface area (Å²) in [7, 11) is -1.58. The van der Waals surface area contributed by atoms with Crippen LogP contribution in [0.15, 0.2) is 35.2 Å². The van der Waals surface area contributed by atoms with Crippen molar-refractivity contribution in [2.75, 3.05) is 24.5 Å². The van der Waals surface area contributed by atoms with Crippen LogP contribution in [0.3, 0.4) is 0 Å². The normalized spacial score (nSPS) is 18.6. The Morgan fingerprint density at radius 1 is 1.14 bits per heavy atom. The monoisotopic (exact) mass is 399 g/mol. The maximum atomic E-state index is 12.6. The summed E-state index contributed by atoms with van der Waals surface area (Å²) < 4.78 is 15.8. The van der Waals surface area contributed by atoms with E-state index in [1.165, 1.54) is 41.6 Å². The van der Waals surface area contributed by atoms with Gasteiger partial charge < -0.3 is 10.0 Å². The van der Waals surface area contributed by atoms with Crippen LogP contribution in [0.1, 0.15) is 41.5 Å². The molecule has 2 aromatic carbocycles. The van der Waals surface area contributed by atoms with E-state index in [-0.39, 0.29) is 0 Å². The lowest BCUT2D eigenvalue weighted by Crippen LogP contribution is -2.49. The molecule has 1 saturated carbocycles. The first-order chi connectivity index (χ1) is 13.4. The SMILES string of the molecule is Cc1ccc([SH+](=O)NCCN2CC3(CCC3)Cc3cc(O)c(C)c(C)c32)cc1. The van der Waals surface area contributed by atoms with Gasteiger partial charge in [-0.2, -0.15) is 0 Å². The summed E-state index contributed by atoms with van der Waals surface area (Å²) in [5.74, 6) is 0.410. The lowest BCUT2D eigenvalue weighted by Gasteiger charge is -2.50. The molecular formula is C23H31N2O2S+. The van der Waals surface area contributed by atoms with E-state index in [1.807, 2.05) is 44.2 Å². The predicted molar refractivity (Wildman–Crippen MR) is 117 cm³/mol. The second kappa shape index (κ2) is 7.53. The number of fused-ring (bicyclic) bond motifs is 1. The largest absolute Gasteiger partial charge is 0.508 e. The van der Waals surface area contributed by atoms with Gasteiger partial charge >= 0.3 is 0 Å². The van der Waals surface area contributed by atoms with E-state index in [0.29, 0.717) is 17.7 Å². The summed E-state index contributed by atoms with van der Waals surface area (Å²) in [4.78, 5) is 3.32. The first-order valence-electron chi connectivity index (χ1n) is 10.2. The highest BCUT2D eigenvalue weighted by molar-refractivity contribution is 7.83. The number of benzene rings is 2. The second-order valence-corrected chi connectivity index (χ2v) is 10.1. The molecule has 2 N–H and O–H groups in total. The molecule has 28 heavy (non-hydrogen) atoms. The van der Waals surface area contributed by atoms with Crippen LogP contribution in [0.5, 0.6) is 5.75 Å². The number of anilines is 1. The van der Waals surface area contributed by atoms with E-state index >= 15 is 0 Å². The second-order valence-electron chi connectivity index (χ2n) is 8.64. The minimum atomic E-state index is -1.58. The van der Waals surface area contributed by atoms with Crippen molar-refractivity contribution in [3.05, 3.63) is 52.6 Å². The van der Waals surface area contributed by atoms with Gasteiger partial charge in [0.1, 0.15) is 5.75 Å². The third kappa shape index (κ3) is 3.58. The third-order valence-electron chi connectivity index (χ3n) is 6.64. The first-order valence-corrected chi connectivity index (χ1v) is 11.5. The van der Waals surface area contributed by atoms with Crippen molar-refractivity contribution in [2.45, 2.75) is 51.3 Å². The Kier molecular flexibility index (Phi) is 5.23. The molecule has 150 valence electrons. The molecule has 2 aliphatic rings. The molecule has 0 bridgehead atoms. The highest BCUT2D eigenvalue weighted by Crippen LogP contribution is 2.51. The lowest BCUT2D eigenvalue weighted by molar-refractivity contribution is 0.134. The quantitative estimate of drug-likeness (QED) is 0.588. The van der Waals surface area contributed by atoms with Gasteiger partial charge in [0.05, 0.1) is 6.54 Å². The Bertz CT molecular complexity index is 904. The average Bonchev–Trinajstić information content (AvgIpc) is 2.65. The number of nitrogens with one attached hydrogen (secondary N) is 1. The summed E-state index contributed by atoms with van der Waals surface area (Å²) in [6.07, 6.45) is 4.90. The van der Waals surface area contributed by atoms with Gasteiger partial charge in [-0.05, 0) is 80.3 Å². The molecule has 0 aromatic heterocycles. The van der Waals surface area contributed by atoms with Crippen LogP contribution >= 0.6 is 0 Å².